The summed E-state index contributed by atoms with van der Waals surface area (Å²) in [4.78, 5) is 12.1. The Morgan fingerprint density at radius 1 is 1.20 bits per heavy atom. The molecule has 0 aliphatic carbocycles. The zero-order valence-electron chi connectivity index (χ0n) is 11.4. The van der Waals surface area contributed by atoms with Crippen molar-refractivity contribution in [2.24, 2.45) is 5.73 Å². The van der Waals surface area contributed by atoms with Gasteiger partial charge in [0.15, 0.2) is 0 Å². The topological polar surface area (TPSA) is 64.3 Å². The molecule has 1 amide bonds. The van der Waals surface area contributed by atoms with Gasteiger partial charge in [0.2, 0.25) is 0 Å². The molecule has 0 aromatic heterocycles. The largest absolute Gasteiger partial charge is 0.492 e. The minimum Gasteiger partial charge on any atom is -0.492 e. The third kappa shape index (κ3) is 3.83. The van der Waals surface area contributed by atoms with E-state index in [0.717, 1.165) is 5.56 Å². The summed E-state index contributed by atoms with van der Waals surface area (Å²) >= 11 is 0. The molecule has 20 heavy (non-hydrogen) atoms. The van der Waals surface area contributed by atoms with Crippen molar-refractivity contribution in [3.63, 3.8) is 0 Å². The highest BCUT2D eigenvalue weighted by molar-refractivity contribution is 6.04. The van der Waals surface area contributed by atoms with Gasteiger partial charge >= 0.3 is 0 Å². The van der Waals surface area contributed by atoms with Crippen molar-refractivity contribution in [3.05, 3.63) is 59.7 Å². The number of rotatable bonds is 5. The van der Waals surface area contributed by atoms with Crippen LogP contribution in [0.15, 0.2) is 48.5 Å². The molecule has 2 rings (SSSR count). The Hall–Kier alpha value is -2.33. The Morgan fingerprint density at radius 2 is 1.95 bits per heavy atom. The molecule has 2 aromatic carbocycles. The minimum atomic E-state index is -0.138. The molecular weight excluding hydrogens is 252 g/mol. The van der Waals surface area contributed by atoms with Crippen molar-refractivity contribution in [1.82, 2.24) is 0 Å². The maximum atomic E-state index is 12.1. The van der Waals surface area contributed by atoms with E-state index in [-0.39, 0.29) is 5.91 Å². The van der Waals surface area contributed by atoms with Crippen LogP contribution in [0.1, 0.15) is 15.9 Å². The normalized spacial score (nSPS) is 10.1. The Balaban J connectivity index is 2.05. The van der Waals surface area contributed by atoms with E-state index in [1.807, 2.05) is 37.3 Å². The van der Waals surface area contributed by atoms with E-state index in [1.54, 1.807) is 18.2 Å². The summed E-state index contributed by atoms with van der Waals surface area (Å²) in [6.45, 7) is 2.90. The van der Waals surface area contributed by atoms with Gasteiger partial charge in [-0.05, 0) is 31.2 Å². The molecule has 0 saturated heterocycles. The molecule has 0 spiro atoms. The second kappa shape index (κ2) is 6.73. The second-order valence-electron chi connectivity index (χ2n) is 4.49. The number of hydrogen-bond donors (Lipinski definition) is 2. The Labute approximate surface area is 118 Å². The molecule has 0 bridgehead atoms. The van der Waals surface area contributed by atoms with Crippen LogP contribution in [0.4, 0.5) is 5.69 Å². The molecule has 0 fully saturated rings. The molecule has 2 aromatic rings. The average Bonchev–Trinajstić information content (AvgIpc) is 2.46. The van der Waals surface area contributed by atoms with Crippen LogP contribution in [0.3, 0.4) is 0 Å². The van der Waals surface area contributed by atoms with E-state index >= 15 is 0 Å². The third-order valence-electron chi connectivity index (χ3n) is 2.79. The van der Waals surface area contributed by atoms with Crippen LogP contribution in [0.25, 0.3) is 0 Å². The smallest absolute Gasteiger partial charge is 0.255 e. The first kappa shape index (κ1) is 14.1. The fourth-order valence-corrected chi connectivity index (χ4v) is 1.75. The van der Waals surface area contributed by atoms with Crippen LogP contribution in [0.2, 0.25) is 0 Å². The molecular formula is C16H18N2O2. The molecule has 104 valence electrons. The van der Waals surface area contributed by atoms with Crippen molar-refractivity contribution in [2.45, 2.75) is 6.92 Å². The lowest BCUT2D eigenvalue weighted by Gasteiger charge is -2.08. The zero-order chi connectivity index (χ0) is 14.4. The number of nitrogens with one attached hydrogen (secondary N) is 1. The van der Waals surface area contributed by atoms with Gasteiger partial charge in [-0.1, -0.05) is 23.8 Å². The van der Waals surface area contributed by atoms with Gasteiger partial charge in [0.1, 0.15) is 12.4 Å². The molecule has 0 heterocycles. The Morgan fingerprint density at radius 3 is 2.65 bits per heavy atom. The van der Waals surface area contributed by atoms with E-state index in [2.05, 4.69) is 5.32 Å². The molecule has 0 aliphatic rings. The molecule has 0 unspecified atom stereocenters. The summed E-state index contributed by atoms with van der Waals surface area (Å²) in [6, 6.07) is 14.7. The summed E-state index contributed by atoms with van der Waals surface area (Å²) in [7, 11) is 0. The fraction of sp³-hybridized carbons (Fsp3) is 0.188. The first-order valence-electron chi connectivity index (χ1n) is 6.50. The van der Waals surface area contributed by atoms with Gasteiger partial charge in [0.05, 0.1) is 0 Å². The lowest BCUT2D eigenvalue weighted by molar-refractivity contribution is 0.102. The molecule has 4 heteroatoms. The van der Waals surface area contributed by atoms with Gasteiger partial charge in [-0.3, -0.25) is 4.79 Å². The molecule has 0 aliphatic heterocycles. The number of carbonyl (C=O) groups is 1. The van der Waals surface area contributed by atoms with Gasteiger partial charge < -0.3 is 15.8 Å². The van der Waals surface area contributed by atoms with E-state index in [4.69, 9.17) is 10.5 Å². The number of nitrogens with two attached hydrogens (primary N) is 1. The standard InChI is InChI=1S/C16H18N2O2/c1-12-5-7-13(8-6-12)16(19)18-14-3-2-4-15(11-14)20-10-9-17/h2-8,11H,9-10,17H2,1H3,(H,18,19). The minimum absolute atomic E-state index is 0.138. The summed E-state index contributed by atoms with van der Waals surface area (Å²) in [5.74, 6) is 0.554. The Kier molecular flexibility index (Phi) is 4.74. The monoisotopic (exact) mass is 270 g/mol. The number of benzene rings is 2. The fourth-order valence-electron chi connectivity index (χ4n) is 1.75. The maximum absolute atomic E-state index is 12.1. The number of anilines is 1. The number of aryl methyl sites for hydroxylation is 1. The lowest BCUT2D eigenvalue weighted by atomic mass is 10.1. The van der Waals surface area contributed by atoms with Crippen LogP contribution in [0.5, 0.6) is 5.75 Å². The highest BCUT2D eigenvalue weighted by atomic mass is 16.5. The van der Waals surface area contributed by atoms with Gasteiger partial charge in [-0.2, -0.15) is 0 Å². The van der Waals surface area contributed by atoms with Crippen LogP contribution >= 0.6 is 0 Å². The average molecular weight is 270 g/mol. The number of amides is 1. The quantitative estimate of drug-likeness (QED) is 0.877. The predicted molar refractivity (Wildman–Crippen MR) is 80.1 cm³/mol. The Bertz CT molecular complexity index is 579. The molecule has 4 nitrogen and oxygen atoms in total. The second-order valence-corrected chi connectivity index (χ2v) is 4.49. The third-order valence-corrected chi connectivity index (χ3v) is 2.79. The van der Waals surface area contributed by atoms with E-state index in [1.165, 1.54) is 0 Å². The van der Waals surface area contributed by atoms with E-state index < -0.39 is 0 Å². The molecule has 3 N–H and O–H groups in total. The summed E-state index contributed by atoms with van der Waals surface area (Å²) in [6.07, 6.45) is 0. The predicted octanol–water partition coefficient (Wildman–Crippen LogP) is 2.58. The van der Waals surface area contributed by atoms with Crippen LogP contribution in [0, 0.1) is 6.92 Å². The SMILES string of the molecule is Cc1ccc(C(=O)Nc2cccc(OCCN)c2)cc1. The van der Waals surface area contributed by atoms with Crippen molar-refractivity contribution in [1.29, 1.82) is 0 Å². The summed E-state index contributed by atoms with van der Waals surface area (Å²) in [5.41, 5.74) is 7.84. The van der Waals surface area contributed by atoms with Gasteiger partial charge in [-0.25, -0.2) is 0 Å². The maximum Gasteiger partial charge on any atom is 0.255 e. The lowest BCUT2D eigenvalue weighted by Crippen LogP contribution is -2.13. The van der Waals surface area contributed by atoms with Gasteiger partial charge in [-0.15, -0.1) is 0 Å². The number of ether oxygens (including phenoxy) is 1. The summed E-state index contributed by atoms with van der Waals surface area (Å²) in [5, 5.41) is 2.84. The van der Waals surface area contributed by atoms with Crippen molar-refractivity contribution < 1.29 is 9.53 Å². The van der Waals surface area contributed by atoms with E-state index in [9.17, 15) is 4.79 Å². The number of hydrogen-bond acceptors (Lipinski definition) is 3. The highest BCUT2D eigenvalue weighted by Crippen LogP contribution is 2.18. The van der Waals surface area contributed by atoms with Crippen LogP contribution < -0.4 is 15.8 Å². The van der Waals surface area contributed by atoms with Gasteiger partial charge in [0, 0.05) is 23.9 Å². The van der Waals surface area contributed by atoms with Crippen LogP contribution in [-0.4, -0.2) is 19.1 Å². The van der Waals surface area contributed by atoms with E-state index in [0.29, 0.717) is 30.2 Å². The zero-order valence-corrected chi connectivity index (χ0v) is 11.4. The first-order chi connectivity index (χ1) is 9.69. The molecule has 0 atom stereocenters. The number of carbonyl (C=O) groups excluding carboxylic acids is 1. The van der Waals surface area contributed by atoms with Crippen LogP contribution in [-0.2, 0) is 0 Å². The van der Waals surface area contributed by atoms with Crippen molar-refractivity contribution in [3.8, 4) is 5.75 Å². The summed E-state index contributed by atoms with van der Waals surface area (Å²) < 4.78 is 5.42. The van der Waals surface area contributed by atoms with Crippen molar-refractivity contribution >= 4 is 11.6 Å². The van der Waals surface area contributed by atoms with Gasteiger partial charge in [0.25, 0.3) is 5.91 Å². The highest BCUT2D eigenvalue weighted by Gasteiger charge is 2.06. The first-order valence-corrected chi connectivity index (χ1v) is 6.50. The van der Waals surface area contributed by atoms with Crippen molar-refractivity contribution in [2.75, 3.05) is 18.5 Å². The molecule has 0 saturated carbocycles. The molecule has 0 radical (unpaired) electrons.